The first-order valence-corrected chi connectivity index (χ1v) is 10.7. The van der Waals surface area contributed by atoms with Crippen LogP contribution in [-0.4, -0.2) is 16.3 Å². The number of nitrogens with zero attached hydrogens (tertiary/aromatic N) is 1. The van der Waals surface area contributed by atoms with E-state index in [2.05, 4.69) is 4.98 Å². The summed E-state index contributed by atoms with van der Waals surface area (Å²) in [5.41, 5.74) is 15.7. The average molecular weight is 491 g/mol. The number of hydrogen-bond donors (Lipinski definition) is 2. The number of benzene rings is 3. The van der Waals surface area contributed by atoms with E-state index in [0.717, 1.165) is 5.56 Å². The number of ether oxygens (including phenoxy) is 1. The van der Waals surface area contributed by atoms with Gasteiger partial charge in [-0.25, -0.2) is 4.98 Å². The van der Waals surface area contributed by atoms with Crippen molar-refractivity contribution in [3.63, 3.8) is 0 Å². The highest BCUT2D eigenvalue weighted by Gasteiger charge is 2.17. The minimum atomic E-state index is -0.846. The minimum absolute atomic E-state index is 0.101. The van der Waals surface area contributed by atoms with Gasteiger partial charge in [0.05, 0.1) is 16.1 Å². The molecule has 0 bridgehead atoms. The molecule has 6 nitrogen and oxygen atoms in total. The van der Waals surface area contributed by atoms with E-state index >= 15 is 0 Å². The molecule has 0 aliphatic rings. The van der Waals surface area contributed by atoms with Gasteiger partial charge in [0, 0.05) is 16.8 Å². The summed E-state index contributed by atoms with van der Waals surface area (Å²) in [6.07, 6.45) is 0.207. The van der Waals surface area contributed by atoms with Crippen molar-refractivity contribution < 1.29 is 13.9 Å². The molecule has 0 amide bonds. The van der Waals surface area contributed by atoms with E-state index in [1.165, 1.54) is 0 Å². The lowest BCUT2D eigenvalue weighted by Crippen LogP contribution is -2.29. The average Bonchev–Trinajstić information content (AvgIpc) is 3.17. The van der Waals surface area contributed by atoms with Crippen LogP contribution in [0.5, 0.6) is 5.75 Å². The zero-order valence-electron chi connectivity index (χ0n) is 16.6. The number of fused-ring (bicyclic) bond motifs is 1. The summed E-state index contributed by atoms with van der Waals surface area (Å²) in [5.74, 6) is 0.777. The fourth-order valence-corrected chi connectivity index (χ4v) is 4.01. The first-order chi connectivity index (χ1) is 15.3. The standard InChI is InChI=1S/C23H18Cl3N3O3/c24-16-6-12(8-18(28)22(26)30)7-17(25)21(16)31-11-14-9-15(27)10-19-20(14)32-23(29-19)13-4-2-1-3-5-13/h1-7,9-10,18H,8,11,27-28H2/t18-/m0/s1. The Morgan fingerprint density at radius 3 is 2.44 bits per heavy atom. The van der Waals surface area contributed by atoms with Crippen LogP contribution in [0, 0.1) is 0 Å². The van der Waals surface area contributed by atoms with E-state index in [4.69, 9.17) is 55.4 Å². The van der Waals surface area contributed by atoms with Crippen LogP contribution >= 0.6 is 34.8 Å². The molecule has 0 fully saturated rings. The van der Waals surface area contributed by atoms with Gasteiger partial charge in [-0.15, -0.1) is 0 Å². The van der Waals surface area contributed by atoms with Gasteiger partial charge >= 0.3 is 0 Å². The molecule has 32 heavy (non-hydrogen) atoms. The van der Waals surface area contributed by atoms with Gasteiger partial charge in [0.15, 0.2) is 11.3 Å². The SMILES string of the molecule is Nc1cc(COc2c(Cl)cc(C[C@H](N)C(=O)Cl)cc2Cl)c2oc(-c3ccccc3)nc2c1. The van der Waals surface area contributed by atoms with Crippen molar-refractivity contribution in [2.24, 2.45) is 5.73 Å². The summed E-state index contributed by atoms with van der Waals surface area (Å²) in [4.78, 5) is 15.7. The van der Waals surface area contributed by atoms with Crippen LogP contribution in [0.4, 0.5) is 5.69 Å². The van der Waals surface area contributed by atoms with E-state index in [-0.39, 0.29) is 23.1 Å². The van der Waals surface area contributed by atoms with Gasteiger partial charge in [0.2, 0.25) is 11.1 Å². The van der Waals surface area contributed by atoms with E-state index in [9.17, 15) is 4.79 Å². The van der Waals surface area contributed by atoms with Crippen LogP contribution in [0.15, 0.2) is 59.0 Å². The van der Waals surface area contributed by atoms with Gasteiger partial charge in [-0.1, -0.05) is 41.4 Å². The number of halogens is 3. The number of nitrogen functional groups attached to an aromatic ring is 1. The number of nitrogens with two attached hydrogens (primary N) is 2. The molecule has 0 aliphatic heterocycles. The Labute approximate surface area is 199 Å². The largest absolute Gasteiger partial charge is 0.486 e. The number of anilines is 1. The molecule has 1 heterocycles. The van der Waals surface area contributed by atoms with Crippen LogP contribution in [-0.2, 0) is 17.8 Å². The first kappa shape index (κ1) is 22.4. The third kappa shape index (κ3) is 4.84. The molecule has 0 aliphatic carbocycles. The summed E-state index contributed by atoms with van der Waals surface area (Å²) in [7, 11) is 0. The van der Waals surface area contributed by atoms with Crippen molar-refractivity contribution in [3.8, 4) is 17.2 Å². The maximum atomic E-state index is 11.2. The summed E-state index contributed by atoms with van der Waals surface area (Å²) >= 11 is 18.2. The second-order valence-electron chi connectivity index (χ2n) is 7.21. The Morgan fingerprint density at radius 1 is 1.09 bits per heavy atom. The van der Waals surface area contributed by atoms with Crippen LogP contribution in [0.1, 0.15) is 11.1 Å². The summed E-state index contributed by atoms with van der Waals surface area (Å²) in [6, 6.07) is 15.5. The molecular weight excluding hydrogens is 473 g/mol. The molecule has 9 heteroatoms. The topological polar surface area (TPSA) is 104 Å². The van der Waals surface area contributed by atoms with Crippen LogP contribution < -0.4 is 16.2 Å². The molecule has 0 radical (unpaired) electrons. The normalized spacial score (nSPS) is 12.1. The van der Waals surface area contributed by atoms with E-state index in [0.29, 0.717) is 39.6 Å². The molecule has 0 saturated carbocycles. The summed E-state index contributed by atoms with van der Waals surface area (Å²) in [6.45, 7) is 0.101. The Hall–Kier alpha value is -2.77. The minimum Gasteiger partial charge on any atom is -0.486 e. The zero-order chi connectivity index (χ0) is 22.8. The fraction of sp³-hybridized carbons (Fsp3) is 0.130. The molecule has 1 aromatic heterocycles. The molecule has 0 spiro atoms. The number of aromatic nitrogens is 1. The maximum absolute atomic E-state index is 11.2. The van der Waals surface area contributed by atoms with Gasteiger partial charge < -0.3 is 20.6 Å². The molecule has 3 aromatic carbocycles. The molecule has 4 N–H and O–H groups in total. The Kier molecular flexibility index (Phi) is 6.58. The van der Waals surface area contributed by atoms with Crippen LogP contribution in [0.2, 0.25) is 10.0 Å². The van der Waals surface area contributed by atoms with Crippen molar-refractivity contribution in [1.82, 2.24) is 4.98 Å². The van der Waals surface area contributed by atoms with E-state index < -0.39 is 11.3 Å². The van der Waals surface area contributed by atoms with E-state index in [1.807, 2.05) is 30.3 Å². The lowest BCUT2D eigenvalue weighted by atomic mass is 10.1. The lowest BCUT2D eigenvalue weighted by molar-refractivity contribution is -0.112. The Balaban J connectivity index is 1.60. The van der Waals surface area contributed by atoms with Gasteiger partial charge in [0.25, 0.3) is 0 Å². The third-order valence-electron chi connectivity index (χ3n) is 4.79. The monoisotopic (exact) mass is 489 g/mol. The fourth-order valence-electron chi connectivity index (χ4n) is 3.29. The van der Waals surface area contributed by atoms with Crippen LogP contribution in [0.25, 0.3) is 22.6 Å². The smallest absolute Gasteiger partial charge is 0.238 e. The predicted octanol–water partition coefficient (Wildman–Crippen LogP) is 5.60. The van der Waals surface area contributed by atoms with Crippen molar-refractivity contribution in [1.29, 1.82) is 0 Å². The van der Waals surface area contributed by atoms with Crippen molar-refractivity contribution >= 4 is 56.8 Å². The molecule has 1 atom stereocenters. The van der Waals surface area contributed by atoms with Crippen LogP contribution in [0.3, 0.4) is 0 Å². The number of carbonyl (C=O) groups excluding carboxylic acids is 1. The molecule has 0 unspecified atom stereocenters. The predicted molar refractivity (Wildman–Crippen MR) is 127 cm³/mol. The van der Waals surface area contributed by atoms with Gasteiger partial charge in [0.1, 0.15) is 12.1 Å². The van der Waals surface area contributed by atoms with Gasteiger partial charge in [-0.05, 0) is 60.0 Å². The highest BCUT2D eigenvalue weighted by atomic mass is 35.5. The second-order valence-corrected chi connectivity index (χ2v) is 8.39. The quantitative estimate of drug-likeness (QED) is 0.258. The molecule has 164 valence electrons. The summed E-state index contributed by atoms with van der Waals surface area (Å²) in [5, 5.41) is -0.0704. The number of oxazole rings is 1. The molecule has 4 aromatic rings. The maximum Gasteiger partial charge on any atom is 0.238 e. The van der Waals surface area contributed by atoms with Gasteiger partial charge in [-0.2, -0.15) is 0 Å². The Morgan fingerprint density at radius 2 is 1.78 bits per heavy atom. The van der Waals surface area contributed by atoms with Gasteiger partial charge in [-0.3, -0.25) is 4.79 Å². The summed E-state index contributed by atoms with van der Waals surface area (Å²) < 4.78 is 11.9. The third-order valence-corrected chi connectivity index (χ3v) is 5.63. The number of carbonyl (C=O) groups is 1. The molecular formula is C23H18Cl3N3O3. The van der Waals surface area contributed by atoms with Crippen molar-refractivity contribution in [2.45, 2.75) is 19.1 Å². The van der Waals surface area contributed by atoms with Crippen molar-refractivity contribution in [3.05, 3.63) is 75.8 Å². The lowest BCUT2D eigenvalue weighted by Gasteiger charge is -2.13. The number of hydrogen-bond acceptors (Lipinski definition) is 6. The highest BCUT2D eigenvalue weighted by Crippen LogP contribution is 2.36. The van der Waals surface area contributed by atoms with E-state index in [1.54, 1.807) is 24.3 Å². The first-order valence-electron chi connectivity index (χ1n) is 9.62. The Bertz CT molecular complexity index is 1270. The second kappa shape index (κ2) is 9.38. The number of rotatable bonds is 7. The molecule has 0 saturated heterocycles. The molecule has 4 rings (SSSR count). The highest BCUT2D eigenvalue weighted by molar-refractivity contribution is 6.64. The zero-order valence-corrected chi connectivity index (χ0v) is 18.9. The van der Waals surface area contributed by atoms with Crippen molar-refractivity contribution in [2.75, 3.05) is 5.73 Å².